The lowest BCUT2D eigenvalue weighted by Gasteiger charge is -2.24. The molecule has 3 aromatic rings. The van der Waals surface area contributed by atoms with E-state index in [0.717, 1.165) is 60.9 Å². The molecule has 1 N–H and O–H groups in total. The third-order valence-electron chi connectivity index (χ3n) is 5.24. The van der Waals surface area contributed by atoms with Crippen LogP contribution in [-0.2, 0) is 0 Å². The zero-order chi connectivity index (χ0) is 23.5. The first kappa shape index (κ1) is 24.7. The van der Waals surface area contributed by atoms with Crippen molar-refractivity contribution in [3.63, 3.8) is 0 Å². The van der Waals surface area contributed by atoms with Crippen LogP contribution in [0.25, 0.3) is 0 Å². The van der Waals surface area contributed by atoms with Gasteiger partial charge in [0.1, 0.15) is 0 Å². The van der Waals surface area contributed by atoms with Crippen molar-refractivity contribution >= 4 is 37.0 Å². The van der Waals surface area contributed by atoms with Gasteiger partial charge in [-0.05, 0) is 85.8 Å². The van der Waals surface area contributed by atoms with Crippen LogP contribution in [0.5, 0.6) is 0 Å². The summed E-state index contributed by atoms with van der Waals surface area (Å²) in [5.74, 6) is 0. The van der Waals surface area contributed by atoms with Gasteiger partial charge in [-0.25, -0.2) is 0 Å². The van der Waals surface area contributed by atoms with Crippen LogP contribution >= 0.6 is 8.58 Å². The highest BCUT2D eigenvalue weighted by Crippen LogP contribution is 2.28. The topological polar surface area (TPSA) is 72.9 Å². The second-order valence-corrected chi connectivity index (χ2v) is 9.44. The van der Waals surface area contributed by atoms with Gasteiger partial charge in [-0.3, -0.25) is 0 Å². The summed E-state index contributed by atoms with van der Waals surface area (Å²) < 4.78 is 0. The van der Waals surface area contributed by atoms with Crippen LogP contribution in [0.15, 0.2) is 87.2 Å². The van der Waals surface area contributed by atoms with Crippen molar-refractivity contribution < 1.29 is 5.11 Å². The van der Waals surface area contributed by atoms with Crippen LogP contribution in [0, 0.1) is 13.8 Å². The molecule has 1 unspecified atom stereocenters. The van der Waals surface area contributed by atoms with Crippen molar-refractivity contribution in [2.24, 2.45) is 20.5 Å². The highest BCUT2D eigenvalue weighted by Gasteiger charge is 2.06. The van der Waals surface area contributed by atoms with Gasteiger partial charge in [-0.1, -0.05) is 25.1 Å². The highest BCUT2D eigenvalue weighted by molar-refractivity contribution is 7.37. The van der Waals surface area contributed by atoms with E-state index in [0.29, 0.717) is 6.54 Å². The van der Waals surface area contributed by atoms with E-state index in [1.165, 1.54) is 6.16 Å². The zero-order valence-corrected chi connectivity index (χ0v) is 20.6. The first-order valence-corrected chi connectivity index (χ1v) is 12.7. The van der Waals surface area contributed by atoms with Crippen molar-refractivity contribution in [3.8, 4) is 0 Å². The van der Waals surface area contributed by atoms with Crippen LogP contribution < -0.4 is 4.90 Å². The second kappa shape index (κ2) is 12.9. The van der Waals surface area contributed by atoms with Gasteiger partial charge in [0.05, 0.1) is 29.4 Å². The molecular formula is C26H32N5OP. The monoisotopic (exact) mass is 461 g/mol. The number of hydrogen-bond acceptors (Lipinski definition) is 6. The van der Waals surface area contributed by atoms with Crippen molar-refractivity contribution in [2.75, 3.05) is 36.9 Å². The van der Waals surface area contributed by atoms with Crippen molar-refractivity contribution in [2.45, 2.75) is 20.8 Å². The average molecular weight is 462 g/mol. The van der Waals surface area contributed by atoms with E-state index < -0.39 is 0 Å². The number of benzene rings is 3. The molecule has 0 aliphatic heterocycles. The van der Waals surface area contributed by atoms with E-state index in [1.807, 2.05) is 80.6 Å². The standard InChI is InChI=1S/C26H32N5OP/c1-4-33-18-16-31(15-17-32)24-12-9-22(10-13-24)27-30-26-14-11-23(19-21(26)3)28-29-25-8-6-5-7-20(25)2/h5-14,19,32-33H,4,15-18H2,1-3H3. The Morgan fingerprint density at radius 1 is 0.758 bits per heavy atom. The molecule has 0 aromatic heterocycles. The summed E-state index contributed by atoms with van der Waals surface area (Å²) >= 11 is 0. The van der Waals surface area contributed by atoms with Crippen LogP contribution in [0.3, 0.4) is 0 Å². The number of aryl methyl sites for hydroxylation is 2. The lowest BCUT2D eigenvalue weighted by Crippen LogP contribution is -2.28. The molecule has 172 valence electrons. The first-order valence-electron chi connectivity index (χ1n) is 11.3. The maximum Gasteiger partial charge on any atom is 0.0887 e. The molecule has 0 aliphatic rings. The SMILES string of the molecule is CCPCCN(CCO)c1ccc(N=Nc2ccc(N=Nc3ccccc3C)cc2C)cc1. The maximum atomic E-state index is 9.38. The molecule has 0 heterocycles. The predicted octanol–water partition coefficient (Wildman–Crippen LogP) is 7.63. The minimum atomic E-state index is 0.149. The highest BCUT2D eigenvalue weighted by atomic mass is 31.1. The van der Waals surface area contributed by atoms with E-state index in [9.17, 15) is 5.11 Å². The molecular weight excluding hydrogens is 429 g/mol. The van der Waals surface area contributed by atoms with E-state index in [-0.39, 0.29) is 6.61 Å². The van der Waals surface area contributed by atoms with Crippen LogP contribution in [0.1, 0.15) is 18.1 Å². The molecule has 7 heteroatoms. The van der Waals surface area contributed by atoms with Crippen molar-refractivity contribution in [3.05, 3.63) is 77.9 Å². The van der Waals surface area contributed by atoms with Crippen molar-refractivity contribution in [1.82, 2.24) is 0 Å². The Labute approximate surface area is 198 Å². The molecule has 0 fully saturated rings. The molecule has 0 aliphatic carbocycles. The van der Waals surface area contributed by atoms with Gasteiger partial charge in [0.25, 0.3) is 0 Å². The fourth-order valence-electron chi connectivity index (χ4n) is 3.32. The predicted molar refractivity (Wildman–Crippen MR) is 140 cm³/mol. The summed E-state index contributed by atoms with van der Waals surface area (Å²) in [6, 6.07) is 21.7. The van der Waals surface area contributed by atoms with Gasteiger partial charge < -0.3 is 10.0 Å². The van der Waals surface area contributed by atoms with E-state index in [1.54, 1.807) is 0 Å². The molecule has 0 radical (unpaired) electrons. The first-order chi connectivity index (χ1) is 16.1. The zero-order valence-electron chi connectivity index (χ0n) is 19.6. The lowest BCUT2D eigenvalue weighted by atomic mass is 10.2. The van der Waals surface area contributed by atoms with Crippen LogP contribution in [0.4, 0.5) is 28.4 Å². The van der Waals surface area contributed by atoms with E-state index >= 15 is 0 Å². The molecule has 0 saturated carbocycles. The Kier molecular flexibility index (Phi) is 9.67. The molecule has 0 bridgehead atoms. The number of hydrogen-bond donors (Lipinski definition) is 1. The average Bonchev–Trinajstić information content (AvgIpc) is 2.83. The molecule has 3 rings (SSSR count). The lowest BCUT2D eigenvalue weighted by molar-refractivity contribution is 0.302. The maximum absolute atomic E-state index is 9.38. The van der Waals surface area contributed by atoms with E-state index in [2.05, 4.69) is 32.3 Å². The minimum Gasteiger partial charge on any atom is -0.395 e. The third kappa shape index (κ3) is 7.55. The fraction of sp³-hybridized carbons (Fsp3) is 0.308. The Morgan fingerprint density at radius 2 is 1.42 bits per heavy atom. The molecule has 3 aromatic carbocycles. The second-order valence-electron chi connectivity index (χ2n) is 7.74. The molecule has 33 heavy (non-hydrogen) atoms. The molecule has 0 spiro atoms. The van der Waals surface area contributed by atoms with Gasteiger partial charge >= 0.3 is 0 Å². The Balaban J connectivity index is 1.66. The molecule has 1 atom stereocenters. The number of rotatable bonds is 11. The summed E-state index contributed by atoms with van der Waals surface area (Å²) in [6.07, 6.45) is 2.36. The number of aliphatic hydroxyl groups excluding tert-OH is 1. The van der Waals surface area contributed by atoms with Gasteiger partial charge in [-0.15, -0.1) is 8.58 Å². The summed E-state index contributed by atoms with van der Waals surface area (Å²) in [5, 5.41) is 26.9. The number of anilines is 1. The Bertz CT molecular complexity index is 1080. The molecule has 0 amide bonds. The van der Waals surface area contributed by atoms with Gasteiger partial charge in [0.15, 0.2) is 0 Å². The van der Waals surface area contributed by atoms with Crippen LogP contribution in [-0.4, -0.2) is 37.1 Å². The smallest absolute Gasteiger partial charge is 0.0887 e. The molecule has 0 saturated heterocycles. The number of aliphatic hydroxyl groups is 1. The summed E-state index contributed by atoms with van der Waals surface area (Å²) in [7, 11) is 0.958. The van der Waals surface area contributed by atoms with Crippen molar-refractivity contribution in [1.29, 1.82) is 0 Å². The summed E-state index contributed by atoms with van der Waals surface area (Å²) in [4.78, 5) is 2.22. The number of nitrogens with zero attached hydrogens (tertiary/aromatic N) is 5. The number of azo groups is 2. The quantitative estimate of drug-likeness (QED) is 0.181. The largest absolute Gasteiger partial charge is 0.395 e. The minimum absolute atomic E-state index is 0.149. The van der Waals surface area contributed by atoms with Gasteiger partial charge in [-0.2, -0.15) is 20.5 Å². The van der Waals surface area contributed by atoms with Crippen LogP contribution in [0.2, 0.25) is 0 Å². The third-order valence-corrected chi connectivity index (χ3v) is 6.31. The van der Waals surface area contributed by atoms with E-state index in [4.69, 9.17) is 0 Å². The summed E-state index contributed by atoms with van der Waals surface area (Å²) in [5.41, 5.74) is 6.43. The van der Waals surface area contributed by atoms with Gasteiger partial charge in [0, 0.05) is 18.8 Å². The normalized spacial score (nSPS) is 11.9. The summed E-state index contributed by atoms with van der Waals surface area (Å²) in [6.45, 7) is 7.97. The van der Waals surface area contributed by atoms with Gasteiger partial charge in [0.2, 0.25) is 0 Å². The molecule has 6 nitrogen and oxygen atoms in total. The Hall–Kier alpha value is -2.95. The fourth-order valence-corrected chi connectivity index (χ4v) is 4.11. The Morgan fingerprint density at radius 3 is 2.09 bits per heavy atom.